The molecule has 10 nitrogen and oxygen atoms in total. The van der Waals surface area contributed by atoms with Gasteiger partial charge in [-0.25, -0.2) is 0 Å². The molecule has 1 saturated heterocycles. The first kappa shape index (κ1) is 24.6. The van der Waals surface area contributed by atoms with Crippen LogP contribution in [-0.4, -0.2) is 58.0 Å². The number of amides is 1. The summed E-state index contributed by atoms with van der Waals surface area (Å²) >= 11 is 0. The smallest absolute Gasteiger partial charge is 0.278 e. The van der Waals surface area contributed by atoms with Crippen LogP contribution in [0.5, 0.6) is 0 Å². The van der Waals surface area contributed by atoms with Gasteiger partial charge >= 0.3 is 0 Å². The normalized spacial score (nSPS) is 21.6. The van der Waals surface area contributed by atoms with Crippen LogP contribution in [0.3, 0.4) is 0 Å². The van der Waals surface area contributed by atoms with Crippen molar-refractivity contribution in [1.29, 1.82) is 10.5 Å². The average Bonchev–Trinajstić information content (AvgIpc) is 3.30. The van der Waals surface area contributed by atoms with Crippen LogP contribution >= 0.6 is 0 Å². The largest absolute Gasteiger partial charge is 0.356 e. The lowest BCUT2D eigenvalue weighted by atomic mass is 9.98. The molecule has 3 heterocycles. The highest BCUT2D eigenvalue weighted by molar-refractivity contribution is 6.00. The monoisotopic (exact) mass is 498 g/mol. The quantitative estimate of drug-likeness (QED) is 0.640. The molecule has 0 bridgehead atoms. The number of hydrogen-bond donors (Lipinski definition) is 2. The van der Waals surface area contributed by atoms with E-state index in [4.69, 9.17) is 10.7 Å². The molecular weight excluding hydrogens is 468 g/mol. The molecule has 5 rings (SSSR count). The van der Waals surface area contributed by atoms with Gasteiger partial charge in [0.1, 0.15) is 0 Å². The summed E-state index contributed by atoms with van der Waals surface area (Å²) in [5.74, 6) is 0.609. The Bertz CT molecular complexity index is 1360. The first-order valence-electron chi connectivity index (χ1n) is 12.5. The fourth-order valence-corrected chi connectivity index (χ4v) is 5.30. The molecule has 1 unspecified atom stereocenters. The van der Waals surface area contributed by atoms with E-state index in [-0.39, 0.29) is 18.5 Å². The third-order valence-corrected chi connectivity index (χ3v) is 7.27. The lowest BCUT2D eigenvalue weighted by Gasteiger charge is -2.38. The zero-order valence-corrected chi connectivity index (χ0v) is 20.8. The number of nitrogens with zero attached hydrogens (tertiary/aromatic N) is 7. The van der Waals surface area contributed by atoms with Crippen LogP contribution in [0.15, 0.2) is 47.6 Å². The molecule has 1 aliphatic carbocycles. The van der Waals surface area contributed by atoms with E-state index in [0.717, 1.165) is 37.8 Å². The van der Waals surface area contributed by atoms with E-state index in [1.165, 1.54) is 4.90 Å². The van der Waals surface area contributed by atoms with Crippen molar-refractivity contribution in [2.75, 3.05) is 29.9 Å². The van der Waals surface area contributed by atoms with Crippen molar-refractivity contribution in [1.82, 2.24) is 14.5 Å². The fraction of sp³-hybridized carbons (Fsp3) is 0.407. The number of carbonyl (C=O) groups excluding carboxylic acids is 1. The maximum Gasteiger partial charge on any atom is 0.278 e. The lowest BCUT2D eigenvalue weighted by molar-refractivity contribution is -0.000823. The second-order valence-corrected chi connectivity index (χ2v) is 9.71. The standard InChI is InChI=1S/C27H30N8O2/c1-32-24-23(25(36)35(27(32)37)16-21-10-5-3-8-19(21)14-29)34(15-20-9-4-2-7-18(20)13-28)26(31-24)33-12-6-11-22(30)17-33/h3,5,7-10,22,27,37H,2,4,6,11-12,15-17,30H2,1H3/t22-,27?/m1/s1. The third kappa shape index (κ3) is 4.46. The van der Waals surface area contributed by atoms with Crippen LogP contribution in [0.1, 0.15) is 47.3 Å². The van der Waals surface area contributed by atoms with Gasteiger partial charge in [-0.3, -0.25) is 14.3 Å². The van der Waals surface area contributed by atoms with Gasteiger partial charge in [0, 0.05) is 26.2 Å². The fourth-order valence-electron chi connectivity index (χ4n) is 5.30. The van der Waals surface area contributed by atoms with Crippen molar-refractivity contribution >= 4 is 17.7 Å². The predicted octanol–water partition coefficient (Wildman–Crippen LogP) is 2.22. The van der Waals surface area contributed by atoms with Gasteiger partial charge in [-0.2, -0.15) is 15.5 Å². The number of piperidine rings is 1. The van der Waals surface area contributed by atoms with Gasteiger partial charge in [-0.05, 0) is 42.9 Å². The summed E-state index contributed by atoms with van der Waals surface area (Å²) < 4.78 is 1.86. The molecule has 3 aliphatic rings. The summed E-state index contributed by atoms with van der Waals surface area (Å²) in [5.41, 5.74) is 9.17. The zero-order chi connectivity index (χ0) is 26.1. The van der Waals surface area contributed by atoms with Crippen molar-refractivity contribution < 1.29 is 9.90 Å². The number of allylic oxidation sites excluding steroid dienone is 4. The number of nitriles is 2. The Labute approximate surface area is 216 Å². The van der Waals surface area contributed by atoms with Crippen LogP contribution in [-0.2, 0) is 13.1 Å². The highest BCUT2D eigenvalue weighted by Crippen LogP contribution is 2.36. The van der Waals surface area contributed by atoms with Crippen molar-refractivity contribution in [2.45, 2.75) is 51.2 Å². The number of nitrogens with two attached hydrogens (primary N) is 1. The van der Waals surface area contributed by atoms with Crippen LogP contribution in [0, 0.1) is 22.7 Å². The number of fused-ring (bicyclic) bond motifs is 1. The molecular formula is C27H30N8O2. The molecule has 10 heteroatoms. The first-order chi connectivity index (χ1) is 17.9. The Morgan fingerprint density at radius 3 is 2.70 bits per heavy atom. The van der Waals surface area contributed by atoms with Gasteiger partial charge in [0.25, 0.3) is 5.91 Å². The van der Waals surface area contributed by atoms with Gasteiger partial charge < -0.3 is 20.6 Å². The average molecular weight is 499 g/mol. The van der Waals surface area contributed by atoms with Gasteiger partial charge in [-0.15, -0.1) is 0 Å². The number of benzene rings is 1. The molecule has 3 N–H and O–H groups in total. The molecule has 1 fully saturated rings. The minimum atomic E-state index is -1.25. The highest BCUT2D eigenvalue weighted by atomic mass is 16.3. The van der Waals surface area contributed by atoms with Gasteiger partial charge in [0.05, 0.1) is 36.4 Å². The van der Waals surface area contributed by atoms with Crippen LogP contribution in [0.4, 0.5) is 11.8 Å². The molecule has 37 heavy (non-hydrogen) atoms. The highest BCUT2D eigenvalue weighted by Gasteiger charge is 2.41. The Hall–Kier alpha value is -4.12. The number of aromatic nitrogens is 2. The maximum absolute atomic E-state index is 14.0. The maximum atomic E-state index is 14.0. The Morgan fingerprint density at radius 2 is 1.95 bits per heavy atom. The van der Waals surface area contributed by atoms with Crippen molar-refractivity contribution in [3.8, 4) is 12.1 Å². The van der Waals surface area contributed by atoms with Crippen LogP contribution in [0.25, 0.3) is 0 Å². The molecule has 2 atom stereocenters. The predicted molar refractivity (Wildman–Crippen MR) is 138 cm³/mol. The molecule has 0 spiro atoms. The van der Waals surface area contributed by atoms with Crippen molar-refractivity contribution in [3.63, 3.8) is 0 Å². The first-order valence-corrected chi connectivity index (χ1v) is 12.5. The Balaban J connectivity index is 1.60. The molecule has 0 radical (unpaired) electrons. The summed E-state index contributed by atoms with van der Waals surface area (Å²) in [5, 5.41) is 30.4. The summed E-state index contributed by atoms with van der Waals surface area (Å²) in [6.45, 7) is 1.73. The number of aliphatic hydroxyl groups is 1. The van der Waals surface area contributed by atoms with E-state index in [1.807, 2.05) is 16.7 Å². The minimum Gasteiger partial charge on any atom is -0.356 e. The number of carbonyl (C=O) groups is 1. The second kappa shape index (κ2) is 10.1. The summed E-state index contributed by atoms with van der Waals surface area (Å²) in [7, 11) is 1.70. The van der Waals surface area contributed by atoms with Gasteiger partial charge in [0.2, 0.25) is 12.3 Å². The number of anilines is 2. The number of hydrogen-bond acceptors (Lipinski definition) is 8. The van der Waals surface area contributed by atoms with E-state index in [9.17, 15) is 20.4 Å². The topological polar surface area (TPSA) is 138 Å². The number of rotatable bonds is 5. The van der Waals surface area contributed by atoms with Crippen LogP contribution < -0.4 is 15.5 Å². The SMILES string of the molecule is CN1c2nc(N3CCC[C@@H](N)C3)n(CC3=CCCC=C3C#N)c2C(=O)N(Cc2ccccc2C#N)C1O. The third-order valence-electron chi connectivity index (χ3n) is 7.27. The Kier molecular flexibility index (Phi) is 6.70. The van der Waals surface area contributed by atoms with E-state index < -0.39 is 6.35 Å². The van der Waals surface area contributed by atoms with Crippen molar-refractivity contribution in [2.24, 2.45) is 5.73 Å². The molecule has 1 aromatic heterocycles. The second-order valence-electron chi connectivity index (χ2n) is 9.71. The molecule has 1 aromatic carbocycles. The van der Waals surface area contributed by atoms with E-state index >= 15 is 0 Å². The Morgan fingerprint density at radius 1 is 1.16 bits per heavy atom. The van der Waals surface area contributed by atoms with Crippen LogP contribution in [0.2, 0.25) is 0 Å². The number of aliphatic hydroxyl groups excluding tert-OH is 1. The lowest BCUT2D eigenvalue weighted by Crippen LogP contribution is -2.54. The molecule has 1 amide bonds. The summed E-state index contributed by atoms with van der Waals surface area (Å²) in [6.07, 6.45) is 6.19. The van der Waals surface area contributed by atoms with Gasteiger partial charge in [0.15, 0.2) is 11.5 Å². The molecule has 190 valence electrons. The van der Waals surface area contributed by atoms with E-state index in [0.29, 0.717) is 47.2 Å². The number of imidazole rings is 1. The summed E-state index contributed by atoms with van der Waals surface area (Å²) in [6, 6.07) is 11.5. The molecule has 0 saturated carbocycles. The van der Waals surface area contributed by atoms with E-state index in [2.05, 4.69) is 17.0 Å². The summed E-state index contributed by atoms with van der Waals surface area (Å²) in [4.78, 5) is 23.9. The van der Waals surface area contributed by atoms with E-state index in [1.54, 1.807) is 36.2 Å². The van der Waals surface area contributed by atoms with Gasteiger partial charge in [-0.1, -0.05) is 30.4 Å². The minimum absolute atomic E-state index is 0.00241. The van der Waals surface area contributed by atoms with Crippen molar-refractivity contribution in [3.05, 3.63) is 64.4 Å². The zero-order valence-electron chi connectivity index (χ0n) is 20.8. The molecule has 2 aliphatic heterocycles. The molecule has 2 aromatic rings.